The highest BCUT2D eigenvalue weighted by atomic mass is 32.2. The van der Waals surface area contributed by atoms with Gasteiger partial charge in [0.25, 0.3) is 0 Å². The normalized spacial score (nSPS) is 15.1. The summed E-state index contributed by atoms with van der Waals surface area (Å²) < 4.78 is 7.67. The van der Waals surface area contributed by atoms with E-state index in [9.17, 15) is 4.79 Å². The fourth-order valence-electron chi connectivity index (χ4n) is 3.30. The van der Waals surface area contributed by atoms with Crippen LogP contribution in [0, 0.1) is 0 Å². The molecule has 0 saturated carbocycles. The van der Waals surface area contributed by atoms with Crippen molar-refractivity contribution in [3.05, 3.63) is 60.7 Å². The number of thioether (sulfide) groups is 1. The highest BCUT2D eigenvalue weighted by molar-refractivity contribution is 7.99. The van der Waals surface area contributed by atoms with Gasteiger partial charge in [0.05, 0.1) is 30.5 Å². The van der Waals surface area contributed by atoms with Crippen LogP contribution in [0.25, 0.3) is 11.3 Å². The number of piperazine rings is 1. The van der Waals surface area contributed by atoms with Crippen molar-refractivity contribution in [2.75, 3.05) is 39.0 Å². The zero-order valence-electron chi connectivity index (χ0n) is 16.0. The second-order valence-corrected chi connectivity index (χ2v) is 7.87. The Hall–Kier alpha value is -2.51. The summed E-state index contributed by atoms with van der Waals surface area (Å²) in [5, 5.41) is 0.831. The standard InChI is InChI=1S/C21H24N4O2S/c1-23-9-11-24(12-10-23)20(26)16-28-21-22-14-19(17-6-3-2-4-7-17)25(21)15-18-8-5-13-27-18/h2-8,13-14H,9-12,15-16H2,1H3. The van der Waals surface area contributed by atoms with Crippen LogP contribution in [0.3, 0.4) is 0 Å². The molecule has 0 spiro atoms. The molecule has 1 fully saturated rings. The number of rotatable bonds is 6. The molecule has 7 heteroatoms. The zero-order valence-corrected chi connectivity index (χ0v) is 16.8. The predicted octanol–water partition coefficient (Wildman–Crippen LogP) is 3.06. The Kier molecular flexibility index (Phi) is 5.83. The van der Waals surface area contributed by atoms with Crippen molar-refractivity contribution in [3.63, 3.8) is 0 Å². The minimum atomic E-state index is 0.173. The van der Waals surface area contributed by atoms with Gasteiger partial charge in [0.2, 0.25) is 5.91 Å². The lowest BCUT2D eigenvalue weighted by molar-refractivity contribution is -0.129. The van der Waals surface area contributed by atoms with Gasteiger partial charge in [0, 0.05) is 26.2 Å². The Balaban J connectivity index is 1.51. The second kappa shape index (κ2) is 8.67. The summed E-state index contributed by atoms with van der Waals surface area (Å²) in [7, 11) is 2.09. The number of imidazole rings is 1. The first-order valence-electron chi connectivity index (χ1n) is 9.43. The van der Waals surface area contributed by atoms with E-state index in [1.54, 1.807) is 6.26 Å². The van der Waals surface area contributed by atoms with Gasteiger partial charge in [0.15, 0.2) is 5.16 Å². The molecule has 1 saturated heterocycles. The number of amides is 1. The van der Waals surface area contributed by atoms with E-state index in [0.717, 1.165) is 48.4 Å². The number of hydrogen-bond donors (Lipinski definition) is 0. The van der Waals surface area contributed by atoms with E-state index in [-0.39, 0.29) is 5.91 Å². The maximum Gasteiger partial charge on any atom is 0.233 e. The third-order valence-electron chi connectivity index (χ3n) is 4.96. The molecule has 1 aliphatic rings. The Morgan fingerprint density at radius 2 is 1.89 bits per heavy atom. The van der Waals surface area contributed by atoms with E-state index >= 15 is 0 Å². The van der Waals surface area contributed by atoms with E-state index in [1.807, 2.05) is 41.4 Å². The van der Waals surface area contributed by atoms with E-state index in [4.69, 9.17) is 4.42 Å². The van der Waals surface area contributed by atoms with E-state index in [2.05, 4.69) is 33.6 Å². The van der Waals surface area contributed by atoms with Gasteiger partial charge in [0.1, 0.15) is 5.76 Å². The van der Waals surface area contributed by atoms with Gasteiger partial charge in [-0.25, -0.2) is 4.98 Å². The molecule has 1 amide bonds. The molecule has 2 aromatic heterocycles. The van der Waals surface area contributed by atoms with Crippen molar-refractivity contribution in [2.24, 2.45) is 0 Å². The Bertz CT molecular complexity index is 900. The molecule has 146 valence electrons. The van der Waals surface area contributed by atoms with Crippen LogP contribution in [0.15, 0.2) is 64.5 Å². The Morgan fingerprint density at radius 1 is 1.11 bits per heavy atom. The fraction of sp³-hybridized carbons (Fsp3) is 0.333. The third-order valence-corrected chi connectivity index (χ3v) is 5.94. The summed E-state index contributed by atoms with van der Waals surface area (Å²) in [5.74, 6) is 1.43. The number of furan rings is 1. The minimum Gasteiger partial charge on any atom is -0.467 e. The quantitative estimate of drug-likeness (QED) is 0.600. The second-order valence-electron chi connectivity index (χ2n) is 6.93. The summed E-state index contributed by atoms with van der Waals surface area (Å²) in [4.78, 5) is 21.4. The number of likely N-dealkylation sites (N-methyl/N-ethyl adjacent to an activating group) is 1. The van der Waals surface area contributed by atoms with Crippen molar-refractivity contribution in [1.29, 1.82) is 0 Å². The first kappa shape index (κ1) is 18.8. The molecule has 4 rings (SSSR count). The van der Waals surface area contributed by atoms with Crippen LogP contribution in [0.2, 0.25) is 0 Å². The number of benzene rings is 1. The molecule has 3 aromatic rings. The molecule has 1 aromatic carbocycles. The third kappa shape index (κ3) is 4.31. The van der Waals surface area contributed by atoms with Gasteiger partial charge in [-0.3, -0.25) is 4.79 Å². The lowest BCUT2D eigenvalue weighted by atomic mass is 10.2. The molecule has 0 bridgehead atoms. The highest BCUT2D eigenvalue weighted by Gasteiger charge is 2.21. The van der Waals surface area contributed by atoms with Crippen LogP contribution < -0.4 is 0 Å². The average Bonchev–Trinajstić information content (AvgIpc) is 3.38. The molecule has 0 aliphatic carbocycles. The highest BCUT2D eigenvalue weighted by Crippen LogP contribution is 2.27. The Morgan fingerprint density at radius 3 is 2.61 bits per heavy atom. The molecular weight excluding hydrogens is 372 g/mol. The number of hydrogen-bond acceptors (Lipinski definition) is 5. The molecular formula is C21H24N4O2S. The number of carbonyl (C=O) groups excluding carboxylic acids is 1. The lowest BCUT2D eigenvalue weighted by Crippen LogP contribution is -2.47. The van der Waals surface area contributed by atoms with E-state index < -0.39 is 0 Å². The Labute approximate surface area is 169 Å². The SMILES string of the molecule is CN1CCN(C(=O)CSc2ncc(-c3ccccc3)n2Cc2ccco2)CC1. The van der Waals surface area contributed by atoms with Crippen molar-refractivity contribution < 1.29 is 9.21 Å². The van der Waals surface area contributed by atoms with Crippen LogP contribution in [0.1, 0.15) is 5.76 Å². The molecule has 0 N–H and O–H groups in total. The first-order chi connectivity index (χ1) is 13.7. The molecule has 28 heavy (non-hydrogen) atoms. The first-order valence-corrected chi connectivity index (χ1v) is 10.4. The molecule has 0 unspecified atom stereocenters. The van der Waals surface area contributed by atoms with Gasteiger partial charge < -0.3 is 18.8 Å². The fourth-order valence-corrected chi connectivity index (χ4v) is 4.18. The van der Waals surface area contributed by atoms with Crippen molar-refractivity contribution >= 4 is 17.7 Å². The van der Waals surface area contributed by atoms with Crippen LogP contribution in [0.5, 0.6) is 0 Å². The van der Waals surface area contributed by atoms with Gasteiger partial charge in [-0.1, -0.05) is 42.1 Å². The summed E-state index contributed by atoms with van der Waals surface area (Å²) >= 11 is 1.49. The number of nitrogens with zero attached hydrogens (tertiary/aromatic N) is 4. The van der Waals surface area contributed by atoms with Gasteiger partial charge in [-0.2, -0.15) is 0 Å². The van der Waals surface area contributed by atoms with Crippen LogP contribution in [-0.4, -0.2) is 64.2 Å². The molecule has 1 aliphatic heterocycles. The average molecular weight is 397 g/mol. The predicted molar refractivity (Wildman–Crippen MR) is 110 cm³/mol. The minimum absolute atomic E-state index is 0.173. The molecule has 0 radical (unpaired) electrons. The van der Waals surface area contributed by atoms with Gasteiger partial charge in [-0.15, -0.1) is 0 Å². The monoisotopic (exact) mass is 396 g/mol. The van der Waals surface area contributed by atoms with Crippen molar-refractivity contribution in [2.45, 2.75) is 11.7 Å². The molecule has 3 heterocycles. The smallest absolute Gasteiger partial charge is 0.233 e. The van der Waals surface area contributed by atoms with E-state index in [0.29, 0.717) is 12.3 Å². The number of aromatic nitrogens is 2. The largest absolute Gasteiger partial charge is 0.467 e. The summed E-state index contributed by atoms with van der Waals surface area (Å²) in [6, 6.07) is 14.0. The van der Waals surface area contributed by atoms with Gasteiger partial charge in [-0.05, 0) is 24.7 Å². The van der Waals surface area contributed by atoms with Crippen LogP contribution in [-0.2, 0) is 11.3 Å². The maximum absolute atomic E-state index is 12.6. The molecule has 6 nitrogen and oxygen atoms in total. The lowest BCUT2D eigenvalue weighted by Gasteiger charge is -2.32. The van der Waals surface area contributed by atoms with Crippen molar-refractivity contribution in [1.82, 2.24) is 19.4 Å². The summed E-state index contributed by atoms with van der Waals surface area (Å²) in [6.45, 7) is 4.05. The summed E-state index contributed by atoms with van der Waals surface area (Å²) in [5.41, 5.74) is 2.12. The van der Waals surface area contributed by atoms with Crippen LogP contribution in [0.4, 0.5) is 0 Å². The van der Waals surface area contributed by atoms with Crippen LogP contribution >= 0.6 is 11.8 Å². The zero-order chi connectivity index (χ0) is 19.3. The summed E-state index contributed by atoms with van der Waals surface area (Å²) in [6.07, 6.45) is 3.55. The number of carbonyl (C=O) groups is 1. The van der Waals surface area contributed by atoms with Gasteiger partial charge >= 0.3 is 0 Å². The van der Waals surface area contributed by atoms with Crippen molar-refractivity contribution in [3.8, 4) is 11.3 Å². The topological polar surface area (TPSA) is 54.5 Å². The molecule has 0 atom stereocenters. The van der Waals surface area contributed by atoms with E-state index in [1.165, 1.54) is 11.8 Å². The maximum atomic E-state index is 12.6.